The first kappa shape index (κ1) is 13.6. The van der Waals surface area contributed by atoms with Gasteiger partial charge in [-0.1, -0.05) is 42.5 Å². The zero-order chi connectivity index (χ0) is 14.8. The van der Waals surface area contributed by atoms with E-state index < -0.39 is 27.7 Å². The van der Waals surface area contributed by atoms with Gasteiger partial charge in [0.15, 0.2) is 5.78 Å². The molecule has 0 N–H and O–H groups in total. The van der Waals surface area contributed by atoms with Gasteiger partial charge in [-0.2, -0.15) is 0 Å². The van der Waals surface area contributed by atoms with E-state index in [1.54, 1.807) is 30.3 Å². The smallest absolute Gasteiger partial charge is 0.289 e. The second-order valence-corrected chi connectivity index (χ2v) is 4.32. The van der Waals surface area contributed by atoms with Gasteiger partial charge >= 0.3 is 5.66 Å². The highest BCUT2D eigenvalue weighted by molar-refractivity contribution is 6.09. The van der Waals surface area contributed by atoms with Gasteiger partial charge in [-0.25, -0.2) is 0 Å². The minimum atomic E-state index is -2.46. The van der Waals surface area contributed by atoms with Crippen LogP contribution in [0.15, 0.2) is 54.1 Å². The Morgan fingerprint density at radius 2 is 1.70 bits per heavy atom. The Morgan fingerprint density at radius 1 is 1.10 bits per heavy atom. The monoisotopic (exact) mass is 274 g/mol. The minimum Gasteiger partial charge on any atom is -0.289 e. The third kappa shape index (κ3) is 2.20. The topological polar surface area (TPSA) is 103 Å². The van der Waals surface area contributed by atoms with E-state index in [4.69, 9.17) is 0 Å². The van der Waals surface area contributed by atoms with E-state index in [2.05, 4.69) is 0 Å². The summed E-state index contributed by atoms with van der Waals surface area (Å²) in [5, 5.41) is 22.0. The van der Waals surface area contributed by atoms with Crippen molar-refractivity contribution in [3.63, 3.8) is 0 Å². The largest absolute Gasteiger partial charge is 0.482 e. The van der Waals surface area contributed by atoms with Gasteiger partial charge < -0.3 is 0 Å². The summed E-state index contributed by atoms with van der Waals surface area (Å²) in [5.41, 5.74) is -2.07. The molecule has 7 heteroatoms. The zero-order valence-corrected chi connectivity index (χ0v) is 10.3. The summed E-state index contributed by atoms with van der Waals surface area (Å²) in [6, 6.07) is 8.15. The molecule has 0 aliphatic heterocycles. The normalized spacial score (nSPS) is 16.3. The van der Waals surface area contributed by atoms with Crippen LogP contribution < -0.4 is 0 Å². The third-order valence-corrected chi connectivity index (χ3v) is 3.07. The number of hydrogen-bond donors (Lipinski definition) is 0. The minimum absolute atomic E-state index is 0.0482. The molecule has 0 aromatic heterocycles. The van der Waals surface area contributed by atoms with Crippen LogP contribution in [0.2, 0.25) is 0 Å². The number of rotatable bonds is 4. The molecule has 7 nitrogen and oxygen atoms in total. The molecule has 0 saturated carbocycles. The lowest BCUT2D eigenvalue weighted by molar-refractivity contribution is -0.780. The highest BCUT2D eigenvalue weighted by Crippen LogP contribution is 2.28. The van der Waals surface area contributed by atoms with Crippen molar-refractivity contribution in [2.24, 2.45) is 0 Å². The van der Waals surface area contributed by atoms with Crippen LogP contribution in [0.4, 0.5) is 0 Å². The zero-order valence-electron chi connectivity index (χ0n) is 10.3. The van der Waals surface area contributed by atoms with Crippen molar-refractivity contribution < 1.29 is 14.6 Å². The van der Waals surface area contributed by atoms with Crippen LogP contribution in [0.25, 0.3) is 0 Å². The number of carbonyl (C=O) groups excluding carboxylic acids is 1. The Hall–Kier alpha value is -2.83. The van der Waals surface area contributed by atoms with Crippen LogP contribution >= 0.6 is 0 Å². The molecule has 1 aliphatic carbocycles. The predicted octanol–water partition coefficient (Wildman–Crippen LogP) is 2.01. The van der Waals surface area contributed by atoms with Gasteiger partial charge in [0.2, 0.25) is 0 Å². The van der Waals surface area contributed by atoms with Crippen molar-refractivity contribution in [2.45, 2.75) is 12.1 Å². The van der Waals surface area contributed by atoms with Gasteiger partial charge in [0, 0.05) is 11.1 Å². The maximum absolute atomic E-state index is 12.2. The van der Waals surface area contributed by atoms with Gasteiger partial charge in [0.1, 0.15) is 16.3 Å². The number of nitro groups is 2. The molecular formula is C13H10N2O5. The number of hydrogen-bond acceptors (Lipinski definition) is 5. The molecule has 0 saturated heterocycles. The molecule has 102 valence electrons. The van der Waals surface area contributed by atoms with Gasteiger partial charge in [0.05, 0.1) is 6.08 Å². The number of ketones is 1. The molecule has 2 rings (SSSR count). The van der Waals surface area contributed by atoms with Crippen molar-refractivity contribution in [3.05, 3.63) is 79.9 Å². The van der Waals surface area contributed by atoms with E-state index in [1.807, 2.05) is 0 Å². The van der Waals surface area contributed by atoms with Crippen molar-refractivity contribution in [2.75, 3.05) is 0 Å². The highest BCUT2D eigenvalue weighted by atomic mass is 16.7. The van der Waals surface area contributed by atoms with Crippen LogP contribution in [0, 0.1) is 20.2 Å². The molecule has 0 bridgehead atoms. The Bertz CT molecular complexity index is 619. The third-order valence-electron chi connectivity index (χ3n) is 3.07. The van der Waals surface area contributed by atoms with Crippen LogP contribution in [0.5, 0.6) is 0 Å². The SMILES string of the molecule is O=C(C1=CC=CC([N+](=O)[O-])([N+](=O)[O-])C1)c1ccccc1. The first-order valence-electron chi connectivity index (χ1n) is 5.74. The molecule has 0 atom stereocenters. The molecule has 1 aromatic rings. The molecule has 0 radical (unpaired) electrons. The molecule has 0 fully saturated rings. The van der Waals surface area contributed by atoms with Crippen molar-refractivity contribution in [1.82, 2.24) is 0 Å². The fourth-order valence-electron chi connectivity index (χ4n) is 1.96. The summed E-state index contributed by atoms with van der Waals surface area (Å²) in [6.45, 7) is 0. The Kier molecular flexibility index (Phi) is 3.43. The number of nitrogens with zero attached hydrogens (tertiary/aromatic N) is 2. The first-order chi connectivity index (χ1) is 9.47. The van der Waals surface area contributed by atoms with E-state index in [9.17, 15) is 25.0 Å². The van der Waals surface area contributed by atoms with E-state index in [1.165, 1.54) is 12.2 Å². The van der Waals surface area contributed by atoms with Crippen LogP contribution in [-0.4, -0.2) is 21.3 Å². The summed E-state index contributed by atoms with van der Waals surface area (Å²) in [7, 11) is 0. The Morgan fingerprint density at radius 3 is 2.25 bits per heavy atom. The summed E-state index contributed by atoms with van der Waals surface area (Å²) < 4.78 is 0. The quantitative estimate of drug-likeness (QED) is 0.361. The van der Waals surface area contributed by atoms with Crippen LogP contribution in [0.3, 0.4) is 0 Å². The first-order valence-corrected chi connectivity index (χ1v) is 5.74. The van der Waals surface area contributed by atoms with Gasteiger partial charge in [0.25, 0.3) is 0 Å². The van der Waals surface area contributed by atoms with E-state index in [0.717, 1.165) is 6.08 Å². The average Bonchev–Trinajstić information content (AvgIpc) is 2.47. The lowest BCUT2D eigenvalue weighted by Gasteiger charge is -2.17. The molecule has 1 aliphatic rings. The second kappa shape index (κ2) is 5.04. The number of carbonyl (C=O) groups is 1. The number of benzene rings is 1. The lowest BCUT2D eigenvalue weighted by Crippen LogP contribution is -2.46. The van der Waals surface area contributed by atoms with E-state index >= 15 is 0 Å². The number of allylic oxidation sites excluding steroid dienone is 2. The maximum atomic E-state index is 12.2. The van der Waals surface area contributed by atoms with E-state index in [-0.39, 0.29) is 5.57 Å². The Labute approximate surface area is 113 Å². The predicted molar refractivity (Wildman–Crippen MR) is 69.3 cm³/mol. The Balaban J connectivity index is 2.35. The molecule has 1 aromatic carbocycles. The standard InChI is InChI=1S/C13H10N2O5/c16-12(10-5-2-1-3-6-10)11-7-4-8-13(9-11,14(17)18)15(19)20/h1-8H,9H2. The maximum Gasteiger partial charge on any atom is 0.482 e. The van der Waals surface area contributed by atoms with Crippen molar-refractivity contribution in [3.8, 4) is 0 Å². The van der Waals surface area contributed by atoms with Gasteiger partial charge in [-0.15, -0.1) is 0 Å². The molecular weight excluding hydrogens is 264 g/mol. The van der Waals surface area contributed by atoms with Crippen molar-refractivity contribution >= 4 is 5.78 Å². The summed E-state index contributed by atoms with van der Waals surface area (Å²) >= 11 is 0. The van der Waals surface area contributed by atoms with Gasteiger partial charge in [-0.05, 0) is 0 Å². The van der Waals surface area contributed by atoms with Crippen molar-refractivity contribution in [1.29, 1.82) is 0 Å². The van der Waals surface area contributed by atoms with Gasteiger partial charge in [-0.3, -0.25) is 25.0 Å². The molecule has 0 amide bonds. The van der Waals surface area contributed by atoms with E-state index in [0.29, 0.717) is 5.56 Å². The number of Topliss-reactive ketones (excluding diaryl/α,β-unsaturated/α-hetero) is 1. The summed E-state index contributed by atoms with van der Waals surface area (Å²) in [5.74, 6) is -0.442. The molecule has 20 heavy (non-hydrogen) atoms. The fourth-order valence-corrected chi connectivity index (χ4v) is 1.96. The fraction of sp³-hybridized carbons (Fsp3) is 0.154. The second-order valence-electron chi connectivity index (χ2n) is 4.32. The summed E-state index contributed by atoms with van der Waals surface area (Å²) in [6.07, 6.45) is 2.90. The molecule has 0 heterocycles. The van der Waals surface area contributed by atoms with Crippen LogP contribution in [-0.2, 0) is 0 Å². The summed E-state index contributed by atoms with van der Waals surface area (Å²) in [4.78, 5) is 32.2. The highest BCUT2D eigenvalue weighted by Gasteiger charge is 2.55. The molecule has 0 spiro atoms. The average molecular weight is 274 g/mol. The van der Waals surface area contributed by atoms with Crippen LogP contribution in [0.1, 0.15) is 16.8 Å². The lowest BCUT2D eigenvalue weighted by atomic mass is 9.90. The molecule has 0 unspecified atom stereocenters.